The van der Waals surface area contributed by atoms with Gasteiger partial charge >= 0.3 is 0 Å². The fourth-order valence-electron chi connectivity index (χ4n) is 2.62. The van der Waals surface area contributed by atoms with Crippen LogP contribution in [0.5, 0.6) is 0 Å². The maximum Gasteiger partial charge on any atom is 0.263 e. The topological polar surface area (TPSA) is 84.5 Å². The molecular weight excluding hydrogens is 218 g/mol. The molecule has 2 aliphatic rings. The fourth-order valence-corrected chi connectivity index (χ4v) is 2.62. The number of nitrogens with zero attached hydrogens (tertiary/aromatic N) is 1. The summed E-state index contributed by atoms with van der Waals surface area (Å²) in [5.41, 5.74) is 4.99. The van der Waals surface area contributed by atoms with Gasteiger partial charge in [-0.05, 0) is 19.3 Å². The normalized spacial score (nSPS) is 24.7. The van der Waals surface area contributed by atoms with Crippen molar-refractivity contribution in [1.29, 1.82) is 0 Å². The molecule has 5 heteroatoms. The summed E-state index contributed by atoms with van der Waals surface area (Å²) in [6.45, 7) is 2.01. The SMILES string of the molecule is CCCC(N)C1=NC(=O)C2(CCCC2)C(=O)N1. The summed E-state index contributed by atoms with van der Waals surface area (Å²) in [6.07, 6.45) is 4.71. The van der Waals surface area contributed by atoms with Crippen molar-refractivity contribution in [3.05, 3.63) is 0 Å². The van der Waals surface area contributed by atoms with Crippen molar-refractivity contribution in [2.24, 2.45) is 16.1 Å². The molecule has 1 saturated carbocycles. The number of aliphatic imine (C=N–C) groups is 1. The van der Waals surface area contributed by atoms with Crippen molar-refractivity contribution < 1.29 is 9.59 Å². The van der Waals surface area contributed by atoms with Crippen LogP contribution in [-0.2, 0) is 9.59 Å². The van der Waals surface area contributed by atoms with E-state index in [0.717, 1.165) is 25.7 Å². The van der Waals surface area contributed by atoms with E-state index >= 15 is 0 Å². The molecule has 17 heavy (non-hydrogen) atoms. The van der Waals surface area contributed by atoms with Gasteiger partial charge in [0.2, 0.25) is 5.91 Å². The summed E-state index contributed by atoms with van der Waals surface area (Å²) in [5, 5.41) is 2.73. The molecule has 2 amide bonds. The Morgan fingerprint density at radius 3 is 2.59 bits per heavy atom. The highest BCUT2D eigenvalue weighted by Crippen LogP contribution is 2.40. The predicted octanol–water partition coefficient (Wildman–Crippen LogP) is 0.729. The second-order valence-electron chi connectivity index (χ2n) is 4.94. The van der Waals surface area contributed by atoms with Gasteiger partial charge in [-0.1, -0.05) is 26.2 Å². The van der Waals surface area contributed by atoms with Gasteiger partial charge in [-0.15, -0.1) is 0 Å². The highest BCUT2D eigenvalue weighted by Gasteiger charge is 2.50. The molecule has 1 aliphatic heterocycles. The first-order valence-electron chi connectivity index (χ1n) is 6.30. The van der Waals surface area contributed by atoms with Crippen LogP contribution in [0.1, 0.15) is 45.4 Å². The number of amides is 2. The van der Waals surface area contributed by atoms with Crippen LogP contribution in [0.4, 0.5) is 0 Å². The lowest BCUT2D eigenvalue weighted by atomic mass is 9.83. The van der Waals surface area contributed by atoms with Gasteiger partial charge in [-0.2, -0.15) is 4.99 Å². The average Bonchev–Trinajstić information content (AvgIpc) is 2.76. The van der Waals surface area contributed by atoms with E-state index in [-0.39, 0.29) is 17.9 Å². The summed E-state index contributed by atoms with van der Waals surface area (Å²) >= 11 is 0. The summed E-state index contributed by atoms with van der Waals surface area (Å²) < 4.78 is 0. The maximum absolute atomic E-state index is 12.1. The molecule has 3 N–H and O–H groups in total. The third-order valence-corrected chi connectivity index (χ3v) is 3.72. The number of carbonyl (C=O) groups excluding carboxylic acids is 2. The Labute approximate surface area is 101 Å². The van der Waals surface area contributed by atoms with E-state index in [4.69, 9.17) is 5.73 Å². The van der Waals surface area contributed by atoms with Gasteiger partial charge in [0.05, 0.1) is 6.04 Å². The molecule has 1 aliphatic carbocycles. The molecule has 0 aromatic carbocycles. The average molecular weight is 237 g/mol. The zero-order chi connectivity index (χ0) is 12.5. The molecular formula is C12H19N3O2. The number of rotatable bonds is 3. The van der Waals surface area contributed by atoms with Gasteiger partial charge in [0.15, 0.2) is 0 Å². The smallest absolute Gasteiger partial charge is 0.263 e. The quantitative estimate of drug-likeness (QED) is 0.710. The van der Waals surface area contributed by atoms with Crippen LogP contribution < -0.4 is 11.1 Å². The Balaban J connectivity index is 2.21. The first-order chi connectivity index (χ1) is 8.10. The lowest BCUT2D eigenvalue weighted by Gasteiger charge is -2.30. The third kappa shape index (κ3) is 1.99. The number of nitrogens with two attached hydrogens (primary N) is 1. The molecule has 5 nitrogen and oxygen atoms in total. The number of carbonyl (C=O) groups is 2. The van der Waals surface area contributed by atoms with E-state index in [1.165, 1.54) is 0 Å². The van der Waals surface area contributed by atoms with Crippen molar-refractivity contribution in [2.45, 2.75) is 51.5 Å². The monoisotopic (exact) mass is 237 g/mol. The molecule has 0 radical (unpaired) electrons. The molecule has 1 atom stereocenters. The summed E-state index contributed by atoms with van der Waals surface area (Å²) in [7, 11) is 0. The van der Waals surface area contributed by atoms with E-state index in [2.05, 4.69) is 10.3 Å². The minimum absolute atomic E-state index is 0.198. The van der Waals surface area contributed by atoms with Gasteiger partial charge < -0.3 is 11.1 Å². The Morgan fingerprint density at radius 1 is 1.41 bits per heavy atom. The molecule has 2 rings (SSSR count). The zero-order valence-corrected chi connectivity index (χ0v) is 10.2. The van der Waals surface area contributed by atoms with Gasteiger partial charge in [0, 0.05) is 0 Å². The summed E-state index contributed by atoms with van der Waals surface area (Å²) in [6, 6.07) is -0.341. The Kier molecular flexibility index (Phi) is 3.28. The molecule has 0 saturated heterocycles. The van der Waals surface area contributed by atoms with Crippen LogP contribution in [0.2, 0.25) is 0 Å². The third-order valence-electron chi connectivity index (χ3n) is 3.72. The standard InChI is InChI=1S/C12H19N3O2/c1-2-5-8(13)9-14-10(16)12(11(17)15-9)6-3-4-7-12/h8H,2-7,13H2,1H3,(H,14,15,16,17). The Bertz CT molecular complexity index is 370. The number of hydrogen-bond acceptors (Lipinski definition) is 3. The summed E-state index contributed by atoms with van der Waals surface area (Å²) in [5.74, 6) is -0.142. The van der Waals surface area contributed by atoms with Crippen LogP contribution in [0.25, 0.3) is 0 Å². The molecule has 1 unspecified atom stereocenters. The first-order valence-corrected chi connectivity index (χ1v) is 6.30. The maximum atomic E-state index is 12.1. The van der Waals surface area contributed by atoms with Gasteiger partial charge in [0.25, 0.3) is 5.91 Å². The minimum atomic E-state index is -0.880. The van der Waals surface area contributed by atoms with Crippen molar-refractivity contribution in [3.63, 3.8) is 0 Å². The Morgan fingerprint density at radius 2 is 2.06 bits per heavy atom. The van der Waals surface area contributed by atoms with E-state index in [0.29, 0.717) is 18.7 Å². The molecule has 0 bridgehead atoms. The molecule has 1 heterocycles. The lowest BCUT2D eigenvalue weighted by molar-refractivity contribution is -0.141. The van der Waals surface area contributed by atoms with Gasteiger partial charge in [-0.3, -0.25) is 9.59 Å². The zero-order valence-electron chi connectivity index (χ0n) is 10.2. The molecule has 0 aromatic heterocycles. The molecule has 1 fully saturated rings. The highest BCUT2D eigenvalue weighted by atomic mass is 16.2. The molecule has 1 spiro atoms. The van der Waals surface area contributed by atoms with Crippen LogP contribution in [0.3, 0.4) is 0 Å². The van der Waals surface area contributed by atoms with Crippen LogP contribution in [0, 0.1) is 5.41 Å². The largest absolute Gasteiger partial charge is 0.321 e. The van der Waals surface area contributed by atoms with E-state index < -0.39 is 5.41 Å². The first kappa shape index (κ1) is 12.2. The van der Waals surface area contributed by atoms with Crippen molar-refractivity contribution in [1.82, 2.24) is 5.32 Å². The number of nitrogens with one attached hydrogen (secondary N) is 1. The predicted molar refractivity (Wildman–Crippen MR) is 64.4 cm³/mol. The van der Waals surface area contributed by atoms with Crippen molar-refractivity contribution in [3.8, 4) is 0 Å². The second-order valence-corrected chi connectivity index (χ2v) is 4.94. The van der Waals surface area contributed by atoms with Crippen LogP contribution in [-0.4, -0.2) is 23.7 Å². The minimum Gasteiger partial charge on any atom is -0.321 e. The van der Waals surface area contributed by atoms with Crippen LogP contribution in [0.15, 0.2) is 4.99 Å². The lowest BCUT2D eigenvalue weighted by Crippen LogP contribution is -2.55. The highest BCUT2D eigenvalue weighted by molar-refractivity contribution is 6.19. The van der Waals surface area contributed by atoms with E-state index in [9.17, 15) is 9.59 Å². The molecule has 94 valence electrons. The van der Waals surface area contributed by atoms with E-state index in [1.54, 1.807) is 0 Å². The van der Waals surface area contributed by atoms with Gasteiger partial charge in [0.1, 0.15) is 11.3 Å². The van der Waals surface area contributed by atoms with Gasteiger partial charge in [-0.25, -0.2) is 0 Å². The number of amidine groups is 1. The number of hydrogen-bond donors (Lipinski definition) is 2. The summed E-state index contributed by atoms with van der Waals surface area (Å²) in [4.78, 5) is 28.1. The second kappa shape index (κ2) is 4.56. The van der Waals surface area contributed by atoms with Crippen molar-refractivity contribution >= 4 is 17.6 Å². The Hall–Kier alpha value is -1.23. The van der Waals surface area contributed by atoms with E-state index in [1.807, 2.05) is 6.92 Å². The van der Waals surface area contributed by atoms with Crippen molar-refractivity contribution in [2.75, 3.05) is 0 Å². The fraction of sp³-hybridized carbons (Fsp3) is 0.750. The molecule has 0 aromatic rings. The van der Waals surface area contributed by atoms with Crippen LogP contribution >= 0.6 is 0 Å².